The van der Waals surface area contributed by atoms with Gasteiger partial charge in [-0.1, -0.05) is 43.3 Å². The molecule has 0 unspecified atom stereocenters. The minimum atomic E-state index is -3.88. The van der Waals surface area contributed by atoms with E-state index in [0.717, 1.165) is 10.9 Å². The number of para-hydroxylation sites is 1. The van der Waals surface area contributed by atoms with Crippen LogP contribution in [0.3, 0.4) is 0 Å². The topological polar surface area (TPSA) is 98.5 Å². The highest BCUT2D eigenvalue weighted by atomic mass is 32.2. The molecule has 0 saturated heterocycles. The summed E-state index contributed by atoms with van der Waals surface area (Å²) in [5.74, 6) is 0.870. The molecule has 0 aliphatic heterocycles. The van der Waals surface area contributed by atoms with Gasteiger partial charge in [-0.15, -0.1) is 5.10 Å². The van der Waals surface area contributed by atoms with Crippen LogP contribution in [-0.4, -0.2) is 48.5 Å². The minimum absolute atomic E-state index is 0.165. The number of rotatable bonds is 7. The van der Waals surface area contributed by atoms with Crippen LogP contribution in [0.5, 0.6) is 0 Å². The minimum Gasteiger partial charge on any atom is -0.383 e. The number of anilines is 1. The van der Waals surface area contributed by atoms with Crippen molar-refractivity contribution in [2.45, 2.75) is 29.7 Å². The Hall–Kier alpha value is -3.04. The van der Waals surface area contributed by atoms with Crippen molar-refractivity contribution < 1.29 is 13.2 Å². The number of nitrogens with zero attached hydrogens (tertiary/aromatic N) is 4. The van der Waals surface area contributed by atoms with Gasteiger partial charge in [-0.2, -0.15) is 4.52 Å². The van der Waals surface area contributed by atoms with Crippen molar-refractivity contribution in [3.8, 4) is 0 Å². The fourth-order valence-electron chi connectivity index (χ4n) is 3.27. The van der Waals surface area contributed by atoms with Gasteiger partial charge in [-0.3, -0.25) is 0 Å². The third-order valence-electron chi connectivity index (χ3n) is 4.93. The van der Waals surface area contributed by atoms with Gasteiger partial charge < -0.3 is 10.1 Å². The van der Waals surface area contributed by atoms with Gasteiger partial charge in [0.1, 0.15) is 5.82 Å². The number of sulfone groups is 1. The molecule has 0 amide bonds. The summed E-state index contributed by atoms with van der Waals surface area (Å²) >= 11 is 0. The number of benzene rings is 2. The van der Waals surface area contributed by atoms with Crippen LogP contribution in [0.25, 0.3) is 16.6 Å². The number of hydrogen-bond donors (Lipinski definition) is 1. The SMILES string of the molecule is COCCNc1nc2c(S(=O)(=O)c3ccc(C(C)C)cc3)nnn2c2ccccc12. The Kier molecular flexibility index (Phi) is 5.40. The summed E-state index contributed by atoms with van der Waals surface area (Å²) in [6.45, 7) is 5.14. The van der Waals surface area contributed by atoms with Crippen LogP contribution in [0.4, 0.5) is 5.82 Å². The van der Waals surface area contributed by atoms with Crippen molar-refractivity contribution in [2.24, 2.45) is 0 Å². The summed E-state index contributed by atoms with van der Waals surface area (Å²) in [5.41, 5.74) is 1.96. The Labute approximate surface area is 174 Å². The predicted molar refractivity (Wildman–Crippen MR) is 115 cm³/mol. The first-order valence-corrected chi connectivity index (χ1v) is 11.1. The smallest absolute Gasteiger partial charge is 0.229 e. The van der Waals surface area contributed by atoms with Crippen molar-refractivity contribution in [3.05, 3.63) is 54.1 Å². The molecule has 2 heterocycles. The van der Waals surface area contributed by atoms with E-state index in [2.05, 4.69) is 34.5 Å². The van der Waals surface area contributed by atoms with E-state index in [1.807, 2.05) is 36.4 Å². The van der Waals surface area contributed by atoms with Gasteiger partial charge in [-0.05, 0) is 35.7 Å². The Morgan fingerprint density at radius 1 is 1.10 bits per heavy atom. The lowest BCUT2D eigenvalue weighted by molar-refractivity contribution is 0.210. The van der Waals surface area contributed by atoms with E-state index in [1.54, 1.807) is 19.2 Å². The zero-order valence-electron chi connectivity index (χ0n) is 17.0. The molecule has 0 spiro atoms. The van der Waals surface area contributed by atoms with Gasteiger partial charge in [0.05, 0.1) is 17.0 Å². The first-order chi connectivity index (χ1) is 14.4. The number of nitrogens with one attached hydrogen (secondary N) is 1. The average molecular weight is 426 g/mol. The standard InChI is InChI=1S/C21H23N5O3S/c1-14(2)15-8-10-16(11-9-15)30(27,28)21-20-23-19(22-12-13-29-3)17-6-4-5-7-18(17)26(20)25-24-21/h4-11,14H,12-13H2,1-3H3,(H,22,23). The maximum Gasteiger partial charge on any atom is 0.229 e. The highest BCUT2D eigenvalue weighted by Crippen LogP contribution is 2.28. The number of fused-ring (bicyclic) bond motifs is 3. The van der Waals surface area contributed by atoms with E-state index in [-0.39, 0.29) is 15.6 Å². The molecule has 0 atom stereocenters. The molecular formula is C21H23N5O3S. The van der Waals surface area contributed by atoms with E-state index in [4.69, 9.17) is 4.74 Å². The Morgan fingerprint density at radius 3 is 2.53 bits per heavy atom. The highest BCUT2D eigenvalue weighted by molar-refractivity contribution is 7.91. The quantitative estimate of drug-likeness (QED) is 0.454. The summed E-state index contributed by atoms with van der Waals surface area (Å²) in [5, 5.41) is 12.0. The van der Waals surface area contributed by atoms with Crippen LogP contribution >= 0.6 is 0 Å². The van der Waals surface area contributed by atoms with Crippen molar-refractivity contribution in [1.29, 1.82) is 0 Å². The molecule has 4 aromatic rings. The molecule has 2 aromatic heterocycles. The Balaban J connectivity index is 1.87. The van der Waals surface area contributed by atoms with Crippen molar-refractivity contribution in [3.63, 3.8) is 0 Å². The van der Waals surface area contributed by atoms with Crippen LogP contribution in [0, 0.1) is 0 Å². The third kappa shape index (κ3) is 3.50. The molecule has 0 aliphatic rings. The lowest BCUT2D eigenvalue weighted by Gasteiger charge is -2.10. The molecular weight excluding hydrogens is 402 g/mol. The van der Waals surface area contributed by atoms with Crippen molar-refractivity contribution in [1.82, 2.24) is 19.8 Å². The van der Waals surface area contributed by atoms with Crippen LogP contribution in [-0.2, 0) is 14.6 Å². The van der Waals surface area contributed by atoms with Crippen LogP contribution < -0.4 is 5.32 Å². The van der Waals surface area contributed by atoms with Gasteiger partial charge in [0.2, 0.25) is 14.9 Å². The van der Waals surface area contributed by atoms with Crippen LogP contribution in [0.1, 0.15) is 25.3 Å². The molecule has 0 radical (unpaired) electrons. The molecule has 0 saturated carbocycles. The summed E-state index contributed by atoms with van der Waals surface area (Å²) in [7, 11) is -2.27. The second kappa shape index (κ2) is 8.00. The zero-order chi connectivity index (χ0) is 21.3. The number of methoxy groups -OCH3 is 1. The second-order valence-electron chi connectivity index (χ2n) is 7.25. The van der Waals surface area contributed by atoms with Crippen LogP contribution in [0.2, 0.25) is 0 Å². The molecule has 156 valence electrons. The maximum atomic E-state index is 13.3. The van der Waals surface area contributed by atoms with E-state index in [9.17, 15) is 8.42 Å². The zero-order valence-corrected chi connectivity index (χ0v) is 17.8. The molecule has 1 N–H and O–H groups in total. The first-order valence-electron chi connectivity index (χ1n) is 9.65. The van der Waals surface area contributed by atoms with E-state index < -0.39 is 9.84 Å². The molecule has 2 aromatic carbocycles. The van der Waals surface area contributed by atoms with Gasteiger partial charge in [0.25, 0.3) is 0 Å². The number of hydrogen-bond acceptors (Lipinski definition) is 7. The summed E-state index contributed by atoms with van der Waals surface area (Å²) in [6, 6.07) is 14.4. The lowest BCUT2D eigenvalue weighted by atomic mass is 10.0. The first kappa shape index (κ1) is 20.2. The summed E-state index contributed by atoms with van der Waals surface area (Å²) < 4.78 is 33.2. The average Bonchev–Trinajstić information content (AvgIpc) is 3.19. The number of aromatic nitrogens is 4. The fraction of sp³-hybridized carbons (Fsp3) is 0.286. The third-order valence-corrected chi connectivity index (χ3v) is 6.60. The molecule has 9 heteroatoms. The Bertz CT molecular complexity index is 1300. The molecule has 0 bridgehead atoms. The van der Waals surface area contributed by atoms with Gasteiger partial charge in [0.15, 0.2) is 5.65 Å². The molecule has 0 aliphatic carbocycles. The predicted octanol–water partition coefficient (Wildman–Crippen LogP) is 3.29. The maximum absolute atomic E-state index is 13.3. The fourth-order valence-corrected chi connectivity index (χ4v) is 4.50. The lowest BCUT2D eigenvalue weighted by Crippen LogP contribution is -2.11. The van der Waals surface area contributed by atoms with Gasteiger partial charge >= 0.3 is 0 Å². The highest BCUT2D eigenvalue weighted by Gasteiger charge is 2.27. The van der Waals surface area contributed by atoms with E-state index in [1.165, 1.54) is 4.52 Å². The van der Waals surface area contributed by atoms with Gasteiger partial charge in [0, 0.05) is 19.0 Å². The Morgan fingerprint density at radius 2 is 1.83 bits per heavy atom. The van der Waals surface area contributed by atoms with E-state index in [0.29, 0.717) is 30.4 Å². The molecule has 30 heavy (non-hydrogen) atoms. The summed E-state index contributed by atoms with van der Waals surface area (Å²) in [4.78, 5) is 4.73. The summed E-state index contributed by atoms with van der Waals surface area (Å²) in [6.07, 6.45) is 0. The molecule has 4 rings (SSSR count). The van der Waals surface area contributed by atoms with E-state index >= 15 is 0 Å². The van der Waals surface area contributed by atoms with Gasteiger partial charge in [-0.25, -0.2) is 13.4 Å². The largest absolute Gasteiger partial charge is 0.383 e. The van der Waals surface area contributed by atoms with Crippen molar-refractivity contribution in [2.75, 3.05) is 25.6 Å². The van der Waals surface area contributed by atoms with Crippen molar-refractivity contribution >= 4 is 32.2 Å². The van der Waals surface area contributed by atoms with Crippen LogP contribution in [0.15, 0.2) is 58.5 Å². The normalized spacial score (nSPS) is 12.1. The molecule has 0 fully saturated rings. The second-order valence-corrected chi connectivity index (χ2v) is 9.12. The molecule has 8 nitrogen and oxygen atoms in total. The monoisotopic (exact) mass is 425 g/mol. The number of ether oxygens (including phenoxy) is 1.